The Morgan fingerprint density at radius 3 is 2.46 bits per heavy atom. The maximum atomic E-state index is 13.4. The Balaban J connectivity index is 1.90. The number of aliphatic hydroxyl groups excluding tert-OH is 1. The minimum Gasteiger partial charge on any atom is -0.507 e. The Bertz CT molecular complexity index is 1280. The lowest BCUT2D eigenvalue weighted by molar-refractivity contribution is -0.140. The SMILES string of the molecule is CCOc1ccc(/C(O)=C2\C(=O)C(=O)N(Cc3cccs3)C2c2ccccc2C)cc1C(C)(C)C. The molecule has 4 rings (SSSR count). The zero-order chi connectivity index (χ0) is 25.3. The third-order valence-corrected chi connectivity index (χ3v) is 7.15. The standard InChI is InChI=1S/C29H31NO4S/c1-6-34-23-14-13-19(16-22(23)29(3,4)5)26(31)24-25(21-12-8-7-10-18(21)2)30(28(33)27(24)32)17-20-11-9-15-35-20/h7-16,25,31H,6,17H2,1-5H3/b26-24+. The predicted octanol–water partition coefficient (Wildman–Crippen LogP) is 6.37. The molecule has 1 aromatic heterocycles. The normalized spacial score (nSPS) is 17.7. The first-order valence-electron chi connectivity index (χ1n) is 11.8. The first-order chi connectivity index (χ1) is 16.6. The largest absolute Gasteiger partial charge is 0.507 e. The second-order valence-electron chi connectivity index (χ2n) is 9.76. The number of nitrogens with zero attached hydrogens (tertiary/aromatic N) is 1. The van der Waals surface area contributed by atoms with Gasteiger partial charge in [0, 0.05) is 16.0 Å². The number of carbonyl (C=O) groups excluding carboxylic acids is 2. The third kappa shape index (κ3) is 4.76. The molecule has 1 saturated heterocycles. The summed E-state index contributed by atoms with van der Waals surface area (Å²) in [7, 11) is 0. The van der Waals surface area contributed by atoms with Gasteiger partial charge in [-0.15, -0.1) is 11.3 Å². The number of Topliss-reactive ketones (excluding diaryl/α,β-unsaturated/α-hetero) is 1. The summed E-state index contributed by atoms with van der Waals surface area (Å²) in [5.41, 5.74) is 3.05. The molecule has 0 bridgehead atoms. The van der Waals surface area contributed by atoms with E-state index in [1.165, 1.54) is 11.3 Å². The van der Waals surface area contributed by atoms with Crippen molar-refractivity contribution in [3.8, 4) is 5.75 Å². The van der Waals surface area contributed by atoms with Crippen molar-refractivity contribution >= 4 is 28.8 Å². The molecule has 2 heterocycles. The van der Waals surface area contributed by atoms with Gasteiger partial charge in [-0.2, -0.15) is 0 Å². The molecule has 2 aromatic carbocycles. The summed E-state index contributed by atoms with van der Waals surface area (Å²) in [5.74, 6) is -0.697. The summed E-state index contributed by atoms with van der Waals surface area (Å²) in [6.07, 6.45) is 0. The van der Waals surface area contributed by atoms with Crippen LogP contribution in [0, 0.1) is 6.92 Å². The first kappa shape index (κ1) is 24.7. The molecule has 1 aliphatic rings. The Morgan fingerprint density at radius 1 is 1.09 bits per heavy atom. The summed E-state index contributed by atoms with van der Waals surface area (Å²) in [6, 6.07) is 16.3. The molecule has 6 heteroatoms. The highest BCUT2D eigenvalue weighted by molar-refractivity contribution is 7.09. The third-order valence-electron chi connectivity index (χ3n) is 6.29. The summed E-state index contributed by atoms with van der Waals surface area (Å²) in [4.78, 5) is 29.2. The number of aliphatic hydroxyl groups is 1. The lowest BCUT2D eigenvalue weighted by Gasteiger charge is -2.26. The van der Waals surface area contributed by atoms with Crippen molar-refractivity contribution in [2.45, 2.75) is 52.6 Å². The smallest absolute Gasteiger partial charge is 0.295 e. The molecule has 0 aliphatic carbocycles. The van der Waals surface area contributed by atoms with E-state index in [-0.39, 0.29) is 16.7 Å². The van der Waals surface area contributed by atoms with Gasteiger partial charge in [-0.1, -0.05) is 51.1 Å². The van der Waals surface area contributed by atoms with Crippen LogP contribution >= 0.6 is 11.3 Å². The van der Waals surface area contributed by atoms with Crippen molar-refractivity contribution in [1.29, 1.82) is 0 Å². The monoisotopic (exact) mass is 489 g/mol. The fourth-order valence-electron chi connectivity index (χ4n) is 4.53. The molecular formula is C29H31NO4S. The summed E-state index contributed by atoms with van der Waals surface area (Å²) in [5, 5.41) is 13.5. The fraction of sp³-hybridized carbons (Fsp3) is 0.310. The van der Waals surface area contributed by atoms with Crippen LogP contribution < -0.4 is 4.74 Å². The van der Waals surface area contributed by atoms with Crippen LogP contribution in [-0.2, 0) is 21.5 Å². The van der Waals surface area contributed by atoms with Gasteiger partial charge in [0.15, 0.2) is 0 Å². The summed E-state index contributed by atoms with van der Waals surface area (Å²) < 4.78 is 5.82. The average Bonchev–Trinajstić information content (AvgIpc) is 3.41. The van der Waals surface area contributed by atoms with E-state index in [1.54, 1.807) is 11.0 Å². The van der Waals surface area contributed by atoms with E-state index >= 15 is 0 Å². The molecular weight excluding hydrogens is 458 g/mol. The van der Waals surface area contributed by atoms with Crippen LogP contribution in [0.5, 0.6) is 5.75 Å². The Hall–Kier alpha value is -3.38. The predicted molar refractivity (Wildman–Crippen MR) is 140 cm³/mol. The quantitative estimate of drug-likeness (QED) is 0.248. The highest BCUT2D eigenvalue weighted by Gasteiger charge is 2.46. The lowest BCUT2D eigenvalue weighted by atomic mass is 9.84. The molecule has 1 amide bonds. The topological polar surface area (TPSA) is 66.8 Å². The number of aryl methyl sites for hydroxylation is 1. The summed E-state index contributed by atoms with van der Waals surface area (Å²) >= 11 is 1.53. The van der Waals surface area contributed by atoms with Crippen LogP contribution in [0.25, 0.3) is 5.76 Å². The second kappa shape index (κ2) is 9.70. The van der Waals surface area contributed by atoms with Crippen LogP contribution in [0.4, 0.5) is 0 Å². The number of ether oxygens (including phenoxy) is 1. The molecule has 0 radical (unpaired) electrons. The van der Waals surface area contributed by atoms with E-state index < -0.39 is 17.7 Å². The van der Waals surface area contributed by atoms with E-state index in [1.807, 2.05) is 67.8 Å². The second-order valence-corrected chi connectivity index (χ2v) is 10.8. The fourth-order valence-corrected chi connectivity index (χ4v) is 5.23. The van der Waals surface area contributed by atoms with Crippen LogP contribution in [0.3, 0.4) is 0 Å². The molecule has 35 heavy (non-hydrogen) atoms. The van der Waals surface area contributed by atoms with Gasteiger partial charge in [-0.25, -0.2) is 0 Å². The van der Waals surface area contributed by atoms with Gasteiger partial charge in [0.25, 0.3) is 11.7 Å². The number of benzene rings is 2. The van der Waals surface area contributed by atoms with Crippen molar-refractivity contribution in [3.05, 3.63) is 92.7 Å². The maximum absolute atomic E-state index is 13.4. The Kier molecular flexibility index (Phi) is 6.86. The summed E-state index contributed by atoms with van der Waals surface area (Å²) in [6.45, 7) is 10.9. The van der Waals surface area contributed by atoms with Crippen molar-refractivity contribution in [3.63, 3.8) is 0 Å². The van der Waals surface area contributed by atoms with Crippen LogP contribution in [0.1, 0.15) is 60.9 Å². The van der Waals surface area contributed by atoms with Gasteiger partial charge in [0.05, 0.1) is 24.8 Å². The number of carbonyl (C=O) groups is 2. The molecule has 3 aromatic rings. The van der Waals surface area contributed by atoms with Crippen molar-refractivity contribution in [2.24, 2.45) is 0 Å². The molecule has 1 aliphatic heterocycles. The van der Waals surface area contributed by atoms with Crippen LogP contribution in [-0.4, -0.2) is 28.3 Å². The molecule has 1 N–H and O–H groups in total. The molecule has 182 valence electrons. The van der Waals surface area contributed by atoms with Crippen LogP contribution in [0.2, 0.25) is 0 Å². The number of thiophene rings is 1. The molecule has 0 saturated carbocycles. The van der Waals surface area contributed by atoms with Gasteiger partial charge >= 0.3 is 0 Å². The van der Waals surface area contributed by atoms with E-state index in [0.717, 1.165) is 27.3 Å². The van der Waals surface area contributed by atoms with E-state index in [2.05, 4.69) is 20.8 Å². The van der Waals surface area contributed by atoms with Gasteiger partial charge in [0.2, 0.25) is 0 Å². The number of rotatable bonds is 6. The maximum Gasteiger partial charge on any atom is 0.295 e. The van der Waals surface area contributed by atoms with Crippen molar-refractivity contribution in [2.75, 3.05) is 6.61 Å². The molecule has 5 nitrogen and oxygen atoms in total. The van der Waals surface area contributed by atoms with Crippen molar-refractivity contribution < 1.29 is 19.4 Å². The van der Waals surface area contributed by atoms with Gasteiger partial charge in [-0.3, -0.25) is 9.59 Å². The minimum absolute atomic E-state index is 0.116. The number of hydrogen-bond donors (Lipinski definition) is 1. The minimum atomic E-state index is -0.678. The Labute approximate surface area is 210 Å². The molecule has 1 fully saturated rings. The number of hydrogen-bond acceptors (Lipinski definition) is 5. The van der Waals surface area contributed by atoms with Gasteiger partial charge in [0.1, 0.15) is 11.5 Å². The van der Waals surface area contributed by atoms with Gasteiger partial charge < -0.3 is 14.7 Å². The zero-order valence-corrected chi connectivity index (χ0v) is 21.6. The highest BCUT2D eigenvalue weighted by Crippen LogP contribution is 2.42. The molecule has 0 spiro atoms. The van der Waals surface area contributed by atoms with Gasteiger partial charge in [-0.05, 0) is 60.0 Å². The Morgan fingerprint density at radius 2 is 1.83 bits per heavy atom. The molecule has 1 atom stereocenters. The average molecular weight is 490 g/mol. The number of ketones is 1. The number of amides is 1. The number of likely N-dealkylation sites (tertiary alicyclic amines) is 1. The van der Waals surface area contributed by atoms with E-state index in [0.29, 0.717) is 18.7 Å². The van der Waals surface area contributed by atoms with E-state index in [4.69, 9.17) is 4.74 Å². The highest BCUT2D eigenvalue weighted by atomic mass is 32.1. The first-order valence-corrected chi connectivity index (χ1v) is 12.7. The lowest BCUT2D eigenvalue weighted by Crippen LogP contribution is -2.29. The zero-order valence-electron chi connectivity index (χ0n) is 20.8. The van der Waals surface area contributed by atoms with Crippen molar-refractivity contribution in [1.82, 2.24) is 4.90 Å². The molecule has 1 unspecified atom stereocenters. The van der Waals surface area contributed by atoms with E-state index in [9.17, 15) is 14.7 Å². The van der Waals surface area contributed by atoms with Crippen LogP contribution in [0.15, 0.2) is 65.6 Å².